The zero-order chi connectivity index (χ0) is 23.4. The third-order valence-electron chi connectivity index (χ3n) is 7.39. The van der Waals surface area contributed by atoms with E-state index < -0.39 is 11.7 Å². The minimum atomic E-state index is -0.921. The second-order valence-corrected chi connectivity index (χ2v) is 10.4. The molecule has 2 heterocycles. The predicted molar refractivity (Wildman–Crippen MR) is 132 cm³/mol. The molecule has 3 fully saturated rings. The van der Waals surface area contributed by atoms with Crippen LogP contribution in [-0.2, 0) is 11.3 Å². The van der Waals surface area contributed by atoms with Crippen molar-refractivity contribution in [2.45, 2.75) is 50.5 Å². The summed E-state index contributed by atoms with van der Waals surface area (Å²) in [7, 11) is 0. The molecular formula is C26H25Cl2N3O3. The number of carbonyl (C=O) groups is 1. The number of fused-ring (bicyclic) bond motifs is 2. The lowest BCUT2D eigenvalue weighted by Crippen LogP contribution is -2.47. The average molecular weight is 498 g/mol. The fourth-order valence-electron chi connectivity index (χ4n) is 5.60. The zero-order valence-corrected chi connectivity index (χ0v) is 20.1. The van der Waals surface area contributed by atoms with Crippen molar-refractivity contribution in [2.75, 3.05) is 11.4 Å². The van der Waals surface area contributed by atoms with Crippen LogP contribution in [0.4, 0.5) is 5.69 Å². The van der Waals surface area contributed by atoms with Gasteiger partial charge in [0.25, 0.3) is 0 Å². The van der Waals surface area contributed by atoms with E-state index in [0.717, 1.165) is 61.2 Å². The van der Waals surface area contributed by atoms with Crippen LogP contribution in [0.25, 0.3) is 11.1 Å². The Kier molecular flexibility index (Phi) is 5.36. The van der Waals surface area contributed by atoms with Crippen molar-refractivity contribution in [1.82, 2.24) is 9.78 Å². The highest BCUT2D eigenvalue weighted by Crippen LogP contribution is 2.50. The van der Waals surface area contributed by atoms with Crippen LogP contribution < -0.4 is 4.90 Å². The summed E-state index contributed by atoms with van der Waals surface area (Å²) in [6.45, 7) is 1.25. The summed E-state index contributed by atoms with van der Waals surface area (Å²) >= 11 is 13.1. The molecule has 1 N–H and O–H groups in total. The monoisotopic (exact) mass is 497 g/mol. The fraction of sp³-hybridized carbons (Fsp3) is 0.385. The number of halogens is 2. The maximum absolute atomic E-state index is 11.5. The first-order chi connectivity index (χ1) is 16.4. The van der Waals surface area contributed by atoms with Gasteiger partial charge in [-0.1, -0.05) is 35.3 Å². The number of hydrogen-bond acceptors (Lipinski definition) is 4. The molecular weight excluding hydrogens is 473 g/mol. The lowest BCUT2D eigenvalue weighted by atomic mass is 10.1. The van der Waals surface area contributed by atoms with Crippen LogP contribution in [0.1, 0.15) is 54.2 Å². The smallest absolute Gasteiger partial charge is 0.335 e. The van der Waals surface area contributed by atoms with Crippen LogP contribution in [0.2, 0.25) is 10.0 Å². The number of carboxylic acids is 1. The summed E-state index contributed by atoms with van der Waals surface area (Å²) < 4.78 is 8.86. The highest BCUT2D eigenvalue weighted by Gasteiger charge is 2.52. The predicted octanol–water partition coefficient (Wildman–Crippen LogP) is 6.42. The lowest BCUT2D eigenvalue weighted by molar-refractivity contribution is -0.0473. The first-order valence-electron chi connectivity index (χ1n) is 11.7. The van der Waals surface area contributed by atoms with E-state index >= 15 is 0 Å². The number of carboxylic acid groups (broad SMARTS) is 1. The second kappa shape index (κ2) is 8.29. The highest BCUT2D eigenvalue weighted by molar-refractivity contribution is 6.39. The standard InChI is InChI=1S/C26H25Cl2N3O3/c27-21-5-2-6-22(28)24(21)20-13-29-31(18-7-8-18)23(20)15-34-26-10-9-16(12-26)14-30(26)19-4-1-3-17(11-19)25(32)33/h1-6,11,13,16,18H,7-10,12,14-15H2,(H,32,33)/t16-,26-/m0/s1. The quantitative estimate of drug-likeness (QED) is 0.407. The second-order valence-electron chi connectivity index (χ2n) is 9.59. The number of benzene rings is 2. The number of nitrogens with zero attached hydrogens (tertiary/aromatic N) is 3. The third kappa shape index (κ3) is 3.69. The van der Waals surface area contributed by atoms with Gasteiger partial charge in [0.1, 0.15) is 5.72 Å². The summed E-state index contributed by atoms with van der Waals surface area (Å²) in [6.07, 6.45) is 7.01. The molecule has 2 aliphatic carbocycles. The Hall–Kier alpha value is -2.54. The molecule has 0 unspecified atom stereocenters. The SMILES string of the molecule is O=C(O)c1cccc(N2C[C@H]3CC[C@]2(OCc2c(-c4c(Cl)cccc4Cl)cnn2C2CC2)C3)c1. The van der Waals surface area contributed by atoms with Gasteiger partial charge < -0.3 is 14.7 Å². The Morgan fingerprint density at radius 2 is 1.91 bits per heavy atom. The van der Waals surface area contributed by atoms with E-state index in [1.165, 1.54) is 0 Å². The molecule has 1 aromatic heterocycles. The van der Waals surface area contributed by atoms with Gasteiger partial charge in [-0.2, -0.15) is 5.10 Å². The number of aromatic carboxylic acids is 1. The van der Waals surface area contributed by atoms with Crippen LogP contribution in [0, 0.1) is 5.92 Å². The minimum Gasteiger partial charge on any atom is -0.478 e. The Labute approximate surface area is 208 Å². The normalized spacial score (nSPS) is 23.6. The third-order valence-corrected chi connectivity index (χ3v) is 8.02. The van der Waals surface area contributed by atoms with Crippen LogP contribution >= 0.6 is 23.2 Å². The summed E-state index contributed by atoms with van der Waals surface area (Å²) in [5.74, 6) is -0.380. The Morgan fingerprint density at radius 3 is 2.62 bits per heavy atom. The van der Waals surface area contributed by atoms with Gasteiger partial charge in [-0.25, -0.2) is 4.79 Å². The molecule has 6 nitrogen and oxygen atoms in total. The number of piperidine rings is 1. The van der Waals surface area contributed by atoms with E-state index in [1.807, 2.05) is 30.5 Å². The fourth-order valence-corrected chi connectivity index (χ4v) is 6.20. The molecule has 0 amide bonds. The molecule has 1 saturated heterocycles. The highest BCUT2D eigenvalue weighted by atomic mass is 35.5. The summed E-state index contributed by atoms with van der Waals surface area (Å²) in [4.78, 5) is 13.8. The first-order valence-corrected chi connectivity index (χ1v) is 12.5. The topological polar surface area (TPSA) is 67.6 Å². The van der Waals surface area contributed by atoms with Gasteiger partial charge >= 0.3 is 5.97 Å². The van der Waals surface area contributed by atoms with Gasteiger partial charge in [0.15, 0.2) is 0 Å². The molecule has 2 saturated carbocycles. The molecule has 34 heavy (non-hydrogen) atoms. The molecule has 176 valence electrons. The average Bonchev–Trinajstić information content (AvgIpc) is 3.31. The maximum atomic E-state index is 11.5. The van der Waals surface area contributed by atoms with E-state index in [4.69, 9.17) is 27.9 Å². The van der Waals surface area contributed by atoms with Crippen molar-refractivity contribution in [3.05, 3.63) is 70.0 Å². The van der Waals surface area contributed by atoms with Crippen LogP contribution in [0.3, 0.4) is 0 Å². The molecule has 2 bridgehead atoms. The van der Waals surface area contributed by atoms with Crippen LogP contribution in [0.15, 0.2) is 48.7 Å². The van der Waals surface area contributed by atoms with Gasteiger partial charge in [-0.3, -0.25) is 4.68 Å². The van der Waals surface area contributed by atoms with Gasteiger partial charge in [0.2, 0.25) is 0 Å². The summed E-state index contributed by atoms with van der Waals surface area (Å²) in [6, 6.07) is 13.1. The molecule has 8 heteroatoms. The van der Waals surface area contributed by atoms with Gasteiger partial charge in [-0.15, -0.1) is 0 Å². The summed E-state index contributed by atoms with van der Waals surface area (Å²) in [5, 5.41) is 15.3. The molecule has 0 radical (unpaired) electrons. The largest absolute Gasteiger partial charge is 0.478 e. The summed E-state index contributed by atoms with van der Waals surface area (Å²) in [5.41, 5.74) is 3.41. The van der Waals surface area contributed by atoms with Crippen molar-refractivity contribution in [3.8, 4) is 11.1 Å². The van der Waals surface area contributed by atoms with Gasteiger partial charge in [0.05, 0.1) is 40.1 Å². The Morgan fingerprint density at radius 1 is 1.15 bits per heavy atom. The van der Waals surface area contributed by atoms with Gasteiger partial charge in [0, 0.05) is 23.4 Å². The van der Waals surface area contributed by atoms with Crippen molar-refractivity contribution in [3.63, 3.8) is 0 Å². The Bertz CT molecular complexity index is 1250. The molecule has 6 rings (SSSR count). The van der Waals surface area contributed by atoms with E-state index in [9.17, 15) is 9.90 Å². The van der Waals surface area contributed by atoms with E-state index in [1.54, 1.807) is 18.2 Å². The number of rotatable bonds is 7. The van der Waals surface area contributed by atoms with E-state index in [0.29, 0.717) is 28.6 Å². The number of hydrogen-bond donors (Lipinski definition) is 1. The Balaban J connectivity index is 1.34. The number of aromatic nitrogens is 2. The lowest BCUT2D eigenvalue weighted by Gasteiger charge is -2.40. The molecule has 1 aliphatic heterocycles. The molecule has 3 aliphatic rings. The van der Waals surface area contributed by atoms with Crippen molar-refractivity contribution < 1.29 is 14.6 Å². The molecule has 0 spiro atoms. The van der Waals surface area contributed by atoms with E-state index in [-0.39, 0.29) is 5.56 Å². The first kappa shape index (κ1) is 22.0. The van der Waals surface area contributed by atoms with Crippen molar-refractivity contribution in [1.29, 1.82) is 0 Å². The molecule has 2 atom stereocenters. The van der Waals surface area contributed by atoms with Gasteiger partial charge in [-0.05, 0) is 68.4 Å². The van der Waals surface area contributed by atoms with Crippen molar-refractivity contribution >= 4 is 34.9 Å². The van der Waals surface area contributed by atoms with E-state index in [2.05, 4.69) is 14.7 Å². The number of ether oxygens (including phenoxy) is 1. The molecule has 2 aromatic carbocycles. The van der Waals surface area contributed by atoms with Crippen molar-refractivity contribution in [2.24, 2.45) is 5.92 Å². The van der Waals surface area contributed by atoms with Crippen LogP contribution in [0.5, 0.6) is 0 Å². The number of anilines is 1. The maximum Gasteiger partial charge on any atom is 0.335 e. The van der Waals surface area contributed by atoms with Crippen LogP contribution in [-0.4, -0.2) is 33.1 Å². The molecule has 3 aromatic rings. The zero-order valence-electron chi connectivity index (χ0n) is 18.6. The minimum absolute atomic E-state index is 0.290.